The Morgan fingerprint density at radius 1 is 1.07 bits per heavy atom. The minimum absolute atomic E-state index is 0.106. The topological polar surface area (TPSA) is 81.7 Å². The summed E-state index contributed by atoms with van der Waals surface area (Å²) in [7, 11) is -3.56. The molecule has 1 amide bonds. The van der Waals surface area contributed by atoms with Gasteiger partial charge >= 0.3 is 0 Å². The number of carbonyl (C=O) groups is 1. The van der Waals surface area contributed by atoms with Crippen LogP contribution in [0.15, 0.2) is 47.4 Å². The summed E-state index contributed by atoms with van der Waals surface area (Å²) in [5.41, 5.74) is 0.887. The molecule has 1 unspecified atom stereocenters. The number of sulfone groups is 1. The van der Waals surface area contributed by atoms with E-state index in [1.54, 1.807) is 0 Å². The number of fused-ring (bicyclic) bond motifs is 1. The third-order valence-corrected chi connectivity index (χ3v) is 6.66. The van der Waals surface area contributed by atoms with Crippen molar-refractivity contribution in [2.75, 3.05) is 19.0 Å². The van der Waals surface area contributed by atoms with Gasteiger partial charge in [0.25, 0.3) is 0 Å². The van der Waals surface area contributed by atoms with Gasteiger partial charge in [0.1, 0.15) is 13.2 Å². The van der Waals surface area contributed by atoms with Gasteiger partial charge in [-0.3, -0.25) is 4.79 Å². The van der Waals surface area contributed by atoms with Crippen molar-refractivity contribution in [3.05, 3.63) is 53.1 Å². The van der Waals surface area contributed by atoms with E-state index in [0.29, 0.717) is 29.7 Å². The molecule has 1 N–H and O–H groups in total. The van der Waals surface area contributed by atoms with E-state index in [1.807, 2.05) is 32.0 Å². The van der Waals surface area contributed by atoms with Crippen LogP contribution in [-0.4, -0.2) is 33.3 Å². The molecule has 156 valence electrons. The maximum atomic E-state index is 12.5. The van der Waals surface area contributed by atoms with Gasteiger partial charge in [-0.05, 0) is 47.9 Å². The van der Waals surface area contributed by atoms with Crippen molar-refractivity contribution in [2.45, 2.75) is 31.2 Å². The molecule has 6 nitrogen and oxygen atoms in total. The molecule has 0 radical (unpaired) electrons. The molecule has 0 fully saturated rings. The monoisotopic (exact) mass is 437 g/mol. The van der Waals surface area contributed by atoms with Crippen molar-refractivity contribution in [1.82, 2.24) is 5.32 Å². The summed E-state index contributed by atoms with van der Waals surface area (Å²) >= 11 is 5.80. The van der Waals surface area contributed by atoms with Crippen molar-refractivity contribution in [2.24, 2.45) is 5.92 Å². The third kappa shape index (κ3) is 5.42. The quantitative estimate of drug-likeness (QED) is 0.712. The maximum Gasteiger partial charge on any atom is 0.221 e. The average molecular weight is 438 g/mol. The van der Waals surface area contributed by atoms with Crippen LogP contribution in [0.25, 0.3) is 0 Å². The SMILES string of the molecule is CC(C)C(NC(=O)CCS(=O)(=O)c1ccc(Cl)cc1)c1ccc2c(c1)OCCO2. The summed E-state index contributed by atoms with van der Waals surface area (Å²) in [5.74, 6) is 0.847. The van der Waals surface area contributed by atoms with E-state index in [1.165, 1.54) is 24.3 Å². The first-order chi connectivity index (χ1) is 13.8. The maximum absolute atomic E-state index is 12.5. The molecule has 1 heterocycles. The molecule has 1 aliphatic heterocycles. The summed E-state index contributed by atoms with van der Waals surface area (Å²) < 4.78 is 36.0. The number of benzene rings is 2. The van der Waals surface area contributed by atoms with E-state index in [0.717, 1.165) is 5.56 Å². The van der Waals surface area contributed by atoms with Crippen LogP contribution in [0, 0.1) is 5.92 Å². The molecule has 0 spiro atoms. The Kier molecular flexibility index (Phi) is 6.70. The lowest BCUT2D eigenvalue weighted by atomic mass is 9.95. The highest BCUT2D eigenvalue weighted by Gasteiger charge is 2.23. The second kappa shape index (κ2) is 9.05. The average Bonchev–Trinajstić information content (AvgIpc) is 2.70. The van der Waals surface area contributed by atoms with E-state index < -0.39 is 9.84 Å². The number of halogens is 1. The zero-order valence-corrected chi connectivity index (χ0v) is 17.9. The molecule has 0 bridgehead atoms. The van der Waals surface area contributed by atoms with E-state index in [9.17, 15) is 13.2 Å². The molecule has 1 atom stereocenters. The molecule has 0 aliphatic carbocycles. The van der Waals surface area contributed by atoms with Crippen LogP contribution in [0.5, 0.6) is 11.5 Å². The Labute approximate surface area is 176 Å². The summed E-state index contributed by atoms with van der Waals surface area (Å²) in [5, 5.41) is 3.41. The highest BCUT2D eigenvalue weighted by atomic mass is 35.5. The molecule has 3 rings (SSSR count). The lowest BCUT2D eigenvalue weighted by Gasteiger charge is -2.25. The number of ether oxygens (including phenoxy) is 2. The number of hydrogen-bond acceptors (Lipinski definition) is 5. The van der Waals surface area contributed by atoms with Crippen LogP contribution in [0.3, 0.4) is 0 Å². The van der Waals surface area contributed by atoms with E-state index in [4.69, 9.17) is 21.1 Å². The third-order valence-electron chi connectivity index (χ3n) is 4.68. The van der Waals surface area contributed by atoms with Gasteiger partial charge in [0.15, 0.2) is 21.3 Å². The molecule has 2 aromatic carbocycles. The van der Waals surface area contributed by atoms with Gasteiger partial charge in [0.2, 0.25) is 5.91 Å². The van der Waals surface area contributed by atoms with E-state index >= 15 is 0 Å². The predicted molar refractivity (Wildman–Crippen MR) is 111 cm³/mol. The molecular formula is C21H24ClNO5S. The van der Waals surface area contributed by atoms with Gasteiger partial charge in [-0.25, -0.2) is 8.42 Å². The Hall–Kier alpha value is -2.25. The summed E-state index contributed by atoms with van der Waals surface area (Å²) in [6, 6.07) is 11.2. The minimum Gasteiger partial charge on any atom is -0.486 e. The Morgan fingerprint density at radius 2 is 1.72 bits per heavy atom. The van der Waals surface area contributed by atoms with Gasteiger partial charge in [-0.2, -0.15) is 0 Å². The van der Waals surface area contributed by atoms with Crippen LogP contribution in [0.1, 0.15) is 31.9 Å². The number of carbonyl (C=O) groups excluding carboxylic acids is 1. The first kappa shape index (κ1) is 21.5. The van der Waals surface area contributed by atoms with Crippen LogP contribution in [0.4, 0.5) is 0 Å². The largest absolute Gasteiger partial charge is 0.486 e. The predicted octanol–water partition coefficient (Wildman–Crippen LogP) is 3.79. The van der Waals surface area contributed by atoms with Crippen molar-refractivity contribution < 1.29 is 22.7 Å². The van der Waals surface area contributed by atoms with Gasteiger partial charge in [0, 0.05) is 11.4 Å². The lowest BCUT2D eigenvalue weighted by Crippen LogP contribution is -2.33. The molecule has 0 aromatic heterocycles. The second-order valence-corrected chi connectivity index (χ2v) is 9.76. The van der Waals surface area contributed by atoms with Crippen molar-refractivity contribution in [3.8, 4) is 11.5 Å². The molecule has 1 aliphatic rings. The fraction of sp³-hybridized carbons (Fsp3) is 0.381. The first-order valence-corrected chi connectivity index (χ1v) is 11.5. The van der Waals surface area contributed by atoms with Crippen LogP contribution < -0.4 is 14.8 Å². The Morgan fingerprint density at radius 3 is 2.38 bits per heavy atom. The number of hydrogen-bond donors (Lipinski definition) is 1. The highest BCUT2D eigenvalue weighted by Crippen LogP contribution is 2.34. The van der Waals surface area contributed by atoms with Gasteiger partial charge < -0.3 is 14.8 Å². The fourth-order valence-electron chi connectivity index (χ4n) is 3.12. The smallest absolute Gasteiger partial charge is 0.221 e. The molecule has 0 saturated heterocycles. The second-order valence-electron chi connectivity index (χ2n) is 7.22. The number of nitrogens with one attached hydrogen (secondary N) is 1. The molecule has 0 saturated carbocycles. The van der Waals surface area contributed by atoms with Gasteiger partial charge in [-0.15, -0.1) is 0 Å². The van der Waals surface area contributed by atoms with Crippen molar-refractivity contribution >= 4 is 27.3 Å². The fourth-order valence-corrected chi connectivity index (χ4v) is 4.49. The lowest BCUT2D eigenvalue weighted by molar-refractivity contribution is -0.121. The standard InChI is InChI=1S/C21H24ClNO5S/c1-14(2)21(15-3-8-18-19(13-15)28-11-10-27-18)23-20(24)9-12-29(25,26)17-6-4-16(22)5-7-17/h3-8,13-14,21H,9-12H2,1-2H3,(H,23,24). The van der Waals surface area contributed by atoms with Crippen molar-refractivity contribution in [1.29, 1.82) is 0 Å². The normalized spacial score (nSPS) is 14.5. The van der Waals surface area contributed by atoms with Gasteiger partial charge in [0.05, 0.1) is 16.7 Å². The zero-order valence-electron chi connectivity index (χ0n) is 16.4. The van der Waals surface area contributed by atoms with Crippen LogP contribution in [-0.2, 0) is 14.6 Å². The summed E-state index contributed by atoms with van der Waals surface area (Å²) in [6.45, 7) is 4.98. The van der Waals surface area contributed by atoms with Crippen LogP contribution >= 0.6 is 11.6 Å². The van der Waals surface area contributed by atoms with E-state index in [-0.39, 0.29) is 34.9 Å². The summed E-state index contributed by atoms with van der Waals surface area (Å²) in [6.07, 6.45) is -0.126. The zero-order chi connectivity index (χ0) is 21.0. The molecular weight excluding hydrogens is 414 g/mol. The highest BCUT2D eigenvalue weighted by molar-refractivity contribution is 7.91. The molecule has 2 aromatic rings. The van der Waals surface area contributed by atoms with Crippen molar-refractivity contribution in [3.63, 3.8) is 0 Å². The Bertz CT molecular complexity index is 973. The first-order valence-electron chi connectivity index (χ1n) is 9.43. The Balaban J connectivity index is 1.66. The van der Waals surface area contributed by atoms with Gasteiger partial charge in [-0.1, -0.05) is 31.5 Å². The molecule has 8 heteroatoms. The molecule has 29 heavy (non-hydrogen) atoms. The van der Waals surface area contributed by atoms with Crippen LogP contribution in [0.2, 0.25) is 5.02 Å². The number of amides is 1. The number of rotatable bonds is 7. The van der Waals surface area contributed by atoms with E-state index in [2.05, 4.69) is 5.32 Å². The summed E-state index contributed by atoms with van der Waals surface area (Å²) in [4.78, 5) is 12.7. The minimum atomic E-state index is -3.56.